The minimum absolute atomic E-state index is 0.00809. The van der Waals surface area contributed by atoms with Gasteiger partial charge in [0.05, 0.1) is 11.1 Å². The van der Waals surface area contributed by atoms with Gasteiger partial charge in [-0.3, -0.25) is 9.59 Å². The summed E-state index contributed by atoms with van der Waals surface area (Å²) in [7, 11) is 0. The number of halogens is 4. The van der Waals surface area contributed by atoms with Crippen molar-refractivity contribution in [2.75, 3.05) is 13.1 Å². The minimum atomic E-state index is -4.67. The number of likely N-dealkylation sites (tertiary alicyclic amines) is 1. The van der Waals surface area contributed by atoms with Crippen LogP contribution in [-0.4, -0.2) is 46.5 Å². The zero-order valence-electron chi connectivity index (χ0n) is 19.9. The Morgan fingerprint density at radius 3 is 2.43 bits per heavy atom. The number of nitrogens with two attached hydrogens (primary N) is 1. The quantitative estimate of drug-likeness (QED) is 0.513. The average Bonchev–Trinajstić information content (AvgIpc) is 3.75. The maximum atomic E-state index is 15.3. The molecule has 0 bridgehead atoms. The van der Waals surface area contributed by atoms with Crippen LogP contribution in [0.1, 0.15) is 58.6 Å². The first kappa shape index (κ1) is 24.4. The number of nitrogens with zero attached hydrogens (tertiary/aromatic N) is 1. The molecule has 2 aliphatic carbocycles. The van der Waals surface area contributed by atoms with Crippen LogP contribution in [0, 0.1) is 17.7 Å². The Bertz CT molecular complexity index is 1290. The SMILES string of the molecule is NC(=O)C1CC2CC2([C@@H](c2ccc(C(F)(F)F)cc2F)C2CC2)N1C(=O)c1cccc(C2(O)CNC2)c1. The minimum Gasteiger partial charge on any atom is -0.382 e. The molecule has 2 aromatic rings. The third kappa shape index (κ3) is 3.75. The molecule has 4 atom stereocenters. The van der Waals surface area contributed by atoms with Crippen LogP contribution in [0.25, 0.3) is 0 Å². The van der Waals surface area contributed by atoms with E-state index in [1.165, 1.54) is 11.0 Å². The van der Waals surface area contributed by atoms with Crippen LogP contribution < -0.4 is 11.1 Å². The van der Waals surface area contributed by atoms with Crippen molar-refractivity contribution in [1.82, 2.24) is 10.2 Å². The Kier molecular flexibility index (Phi) is 5.27. The number of fused-ring (bicyclic) bond motifs is 1. The lowest BCUT2D eigenvalue weighted by atomic mass is 9.82. The number of β-amino-alcohol motifs (C(OH)–C–C–N with tert-alkyl or cyclic N) is 1. The monoisotopic (exact) mass is 517 g/mol. The molecule has 10 heteroatoms. The number of alkyl halides is 3. The predicted octanol–water partition coefficient (Wildman–Crippen LogP) is 3.29. The zero-order chi connectivity index (χ0) is 26.3. The highest BCUT2D eigenvalue weighted by atomic mass is 19.4. The molecule has 2 saturated carbocycles. The molecule has 6 rings (SSSR count). The summed E-state index contributed by atoms with van der Waals surface area (Å²) in [6.45, 7) is 0.697. The highest BCUT2D eigenvalue weighted by Gasteiger charge is 2.73. The Morgan fingerprint density at radius 1 is 1.14 bits per heavy atom. The fourth-order valence-electron chi connectivity index (χ4n) is 6.65. The molecule has 0 spiro atoms. The number of primary amides is 1. The van der Waals surface area contributed by atoms with Gasteiger partial charge >= 0.3 is 6.18 Å². The number of benzene rings is 2. The lowest BCUT2D eigenvalue weighted by Crippen LogP contribution is -2.57. The Hall–Kier alpha value is -2.98. The summed E-state index contributed by atoms with van der Waals surface area (Å²) in [4.78, 5) is 28.0. The second kappa shape index (κ2) is 8.01. The highest BCUT2D eigenvalue weighted by molar-refractivity contribution is 5.99. The van der Waals surface area contributed by atoms with Crippen molar-refractivity contribution >= 4 is 11.8 Å². The molecule has 4 fully saturated rings. The van der Waals surface area contributed by atoms with Gasteiger partial charge in [-0.1, -0.05) is 18.2 Å². The number of rotatable bonds is 6. The standard InChI is InChI=1S/C27H27F4N3O3/c28-20-9-17(27(29,30)31)6-7-19(20)22(14-4-5-14)26-11-18(26)10-21(23(32)35)34(26)24(36)15-2-1-3-16(8-15)25(37)12-33-13-25/h1-3,6-9,14,18,21-22,33,37H,4-5,10-13H2,(H2,32,35)/t18?,21?,22-,26?/m1/s1. The normalized spacial score (nSPS) is 28.8. The number of nitrogens with one attached hydrogen (secondary N) is 1. The molecule has 2 heterocycles. The number of carbonyl (C=O) groups is 2. The molecular weight excluding hydrogens is 490 g/mol. The van der Waals surface area contributed by atoms with E-state index in [4.69, 9.17) is 5.73 Å². The summed E-state index contributed by atoms with van der Waals surface area (Å²) in [5.41, 5.74) is 3.65. The van der Waals surface area contributed by atoms with Gasteiger partial charge in [-0.25, -0.2) is 4.39 Å². The Labute approximate surface area is 210 Å². The lowest BCUT2D eigenvalue weighted by Gasteiger charge is -2.40. The smallest absolute Gasteiger partial charge is 0.382 e. The molecule has 0 radical (unpaired) electrons. The van der Waals surface area contributed by atoms with Crippen molar-refractivity contribution in [3.63, 3.8) is 0 Å². The van der Waals surface area contributed by atoms with E-state index in [1.54, 1.807) is 24.3 Å². The molecule has 6 nitrogen and oxygen atoms in total. The van der Waals surface area contributed by atoms with Gasteiger partial charge in [-0.2, -0.15) is 13.2 Å². The van der Waals surface area contributed by atoms with E-state index < -0.39 is 52.5 Å². The van der Waals surface area contributed by atoms with E-state index in [9.17, 15) is 27.9 Å². The van der Waals surface area contributed by atoms with Crippen LogP contribution in [0.5, 0.6) is 0 Å². The highest BCUT2D eigenvalue weighted by Crippen LogP contribution is 2.69. The molecule has 4 aliphatic rings. The van der Waals surface area contributed by atoms with Gasteiger partial charge in [0, 0.05) is 24.6 Å². The number of hydrogen-bond donors (Lipinski definition) is 3. The average molecular weight is 518 g/mol. The molecule has 37 heavy (non-hydrogen) atoms. The van der Waals surface area contributed by atoms with Crippen LogP contribution in [0.3, 0.4) is 0 Å². The number of hydrogen-bond acceptors (Lipinski definition) is 4. The van der Waals surface area contributed by atoms with Crippen molar-refractivity contribution in [3.05, 3.63) is 70.5 Å². The van der Waals surface area contributed by atoms with E-state index >= 15 is 4.39 Å². The number of carbonyl (C=O) groups excluding carboxylic acids is 2. The van der Waals surface area contributed by atoms with Crippen molar-refractivity contribution in [2.45, 2.75) is 55.0 Å². The summed E-state index contributed by atoms with van der Waals surface area (Å²) in [5, 5.41) is 13.8. The zero-order valence-corrected chi connectivity index (χ0v) is 19.9. The van der Waals surface area contributed by atoms with Gasteiger partial charge in [0.15, 0.2) is 0 Å². The molecule has 196 valence electrons. The molecule has 4 N–H and O–H groups in total. The van der Waals surface area contributed by atoms with Gasteiger partial charge in [0.25, 0.3) is 5.91 Å². The van der Waals surface area contributed by atoms with Crippen molar-refractivity contribution in [3.8, 4) is 0 Å². The molecule has 2 aliphatic heterocycles. The fraction of sp³-hybridized carbons (Fsp3) is 0.481. The second-order valence-electron chi connectivity index (χ2n) is 11.0. The summed E-state index contributed by atoms with van der Waals surface area (Å²) in [5.74, 6) is -2.73. The fourth-order valence-corrected chi connectivity index (χ4v) is 6.65. The maximum absolute atomic E-state index is 15.3. The summed E-state index contributed by atoms with van der Waals surface area (Å²) in [6.07, 6.45) is -2.29. The van der Waals surface area contributed by atoms with Gasteiger partial charge in [0.1, 0.15) is 17.5 Å². The maximum Gasteiger partial charge on any atom is 0.416 e. The summed E-state index contributed by atoms with van der Waals surface area (Å²) >= 11 is 0. The molecule has 2 aromatic carbocycles. The van der Waals surface area contributed by atoms with Crippen LogP contribution in [0.4, 0.5) is 17.6 Å². The molecule has 0 aromatic heterocycles. The van der Waals surface area contributed by atoms with Crippen molar-refractivity contribution in [2.24, 2.45) is 17.6 Å². The number of amides is 2. The molecule has 2 amide bonds. The summed E-state index contributed by atoms with van der Waals surface area (Å²) in [6, 6.07) is 8.29. The van der Waals surface area contributed by atoms with Gasteiger partial charge in [-0.15, -0.1) is 0 Å². The largest absolute Gasteiger partial charge is 0.416 e. The van der Waals surface area contributed by atoms with E-state index in [1.807, 2.05) is 0 Å². The third-order valence-electron chi connectivity index (χ3n) is 8.71. The van der Waals surface area contributed by atoms with Crippen molar-refractivity contribution < 1.29 is 32.3 Å². The predicted molar refractivity (Wildman–Crippen MR) is 125 cm³/mol. The first-order chi connectivity index (χ1) is 17.5. The van der Waals surface area contributed by atoms with Crippen LogP contribution in [-0.2, 0) is 16.6 Å². The van der Waals surface area contributed by atoms with Gasteiger partial charge in [0.2, 0.25) is 5.91 Å². The third-order valence-corrected chi connectivity index (χ3v) is 8.71. The van der Waals surface area contributed by atoms with E-state index in [-0.39, 0.29) is 23.0 Å². The van der Waals surface area contributed by atoms with Crippen LogP contribution in [0.15, 0.2) is 42.5 Å². The molecule has 2 saturated heterocycles. The Balaban J connectivity index is 1.41. The molecular formula is C27H27F4N3O3. The topological polar surface area (TPSA) is 95.7 Å². The second-order valence-corrected chi connectivity index (χ2v) is 11.0. The van der Waals surface area contributed by atoms with Crippen LogP contribution >= 0.6 is 0 Å². The van der Waals surface area contributed by atoms with E-state index in [0.29, 0.717) is 37.6 Å². The number of aliphatic hydroxyl groups is 1. The van der Waals surface area contributed by atoms with Gasteiger partial charge < -0.3 is 21.1 Å². The first-order valence-electron chi connectivity index (χ1n) is 12.5. The van der Waals surface area contributed by atoms with Gasteiger partial charge in [-0.05, 0) is 72.9 Å². The van der Waals surface area contributed by atoms with E-state index in [2.05, 4.69) is 5.32 Å². The van der Waals surface area contributed by atoms with Crippen LogP contribution in [0.2, 0.25) is 0 Å². The summed E-state index contributed by atoms with van der Waals surface area (Å²) < 4.78 is 54.9. The number of piperidine rings is 1. The van der Waals surface area contributed by atoms with Crippen molar-refractivity contribution in [1.29, 1.82) is 0 Å². The first-order valence-corrected chi connectivity index (χ1v) is 12.5. The molecule has 3 unspecified atom stereocenters. The Morgan fingerprint density at radius 2 is 1.86 bits per heavy atom. The lowest BCUT2D eigenvalue weighted by molar-refractivity contribution is -0.137. The van der Waals surface area contributed by atoms with E-state index in [0.717, 1.165) is 18.9 Å².